The molecular formula is C10H10BrN5O. The zero-order valence-corrected chi connectivity index (χ0v) is 10.5. The Hall–Kier alpha value is -1.76. The fraction of sp³-hybridized carbons (Fsp3) is 0.200. The molecule has 7 heteroatoms. The van der Waals surface area contributed by atoms with E-state index in [1.54, 1.807) is 18.3 Å². The monoisotopic (exact) mass is 295 g/mol. The largest absolute Gasteiger partial charge is 0.323 e. The molecule has 1 N–H and O–H groups in total. The molecule has 0 aliphatic carbocycles. The van der Waals surface area contributed by atoms with Crippen molar-refractivity contribution in [2.75, 3.05) is 10.6 Å². The van der Waals surface area contributed by atoms with Gasteiger partial charge in [0.15, 0.2) is 5.82 Å². The molecule has 1 amide bonds. The van der Waals surface area contributed by atoms with Crippen molar-refractivity contribution in [1.29, 1.82) is 0 Å². The van der Waals surface area contributed by atoms with E-state index in [9.17, 15) is 4.79 Å². The highest BCUT2D eigenvalue weighted by molar-refractivity contribution is 9.09. The van der Waals surface area contributed by atoms with Gasteiger partial charge in [-0.1, -0.05) is 15.9 Å². The van der Waals surface area contributed by atoms with Gasteiger partial charge in [-0.25, -0.2) is 14.6 Å². The Morgan fingerprint density at radius 1 is 1.53 bits per heavy atom. The normalized spacial score (nSPS) is 10.2. The summed E-state index contributed by atoms with van der Waals surface area (Å²) in [7, 11) is 0. The van der Waals surface area contributed by atoms with Crippen LogP contribution in [-0.4, -0.2) is 31.0 Å². The van der Waals surface area contributed by atoms with Gasteiger partial charge in [-0.2, -0.15) is 5.10 Å². The van der Waals surface area contributed by atoms with E-state index in [0.29, 0.717) is 23.3 Å². The van der Waals surface area contributed by atoms with Crippen LogP contribution in [0.5, 0.6) is 0 Å². The Bertz CT molecular complexity index is 499. The Morgan fingerprint density at radius 2 is 2.41 bits per heavy atom. The quantitative estimate of drug-likeness (QED) is 0.865. The lowest BCUT2D eigenvalue weighted by Gasteiger charge is -2.08. The Balaban J connectivity index is 2.25. The van der Waals surface area contributed by atoms with Gasteiger partial charge in [0.1, 0.15) is 12.7 Å². The minimum atomic E-state index is -0.0729. The third-order valence-electron chi connectivity index (χ3n) is 2.02. The lowest BCUT2D eigenvalue weighted by atomic mass is 10.3. The second-order valence-corrected chi connectivity index (χ2v) is 3.99. The minimum Gasteiger partial charge on any atom is -0.323 e. The third kappa shape index (κ3) is 2.88. The van der Waals surface area contributed by atoms with Crippen molar-refractivity contribution in [3.63, 3.8) is 0 Å². The number of carbonyl (C=O) groups is 1. The number of hydrogen-bond acceptors (Lipinski definition) is 4. The smallest absolute Gasteiger partial charge is 0.225 e. The van der Waals surface area contributed by atoms with Crippen molar-refractivity contribution in [1.82, 2.24) is 19.7 Å². The number of carbonyl (C=O) groups excluding carboxylic acids is 1. The van der Waals surface area contributed by atoms with Crippen LogP contribution in [0.25, 0.3) is 5.82 Å². The number of anilines is 1. The maximum atomic E-state index is 11.5. The van der Waals surface area contributed by atoms with Crippen LogP contribution in [0.15, 0.2) is 31.0 Å². The molecule has 2 aromatic heterocycles. The van der Waals surface area contributed by atoms with Gasteiger partial charge in [-0.05, 0) is 12.1 Å². The highest BCUT2D eigenvalue weighted by Crippen LogP contribution is 2.15. The van der Waals surface area contributed by atoms with Crippen molar-refractivity contribution < 1.29 is 4.79 Å². The summed E-state index contributed by atoms with van der Waals surface area (Å²) >= 11 is 3.22. The number of halogens is 1. The SMILES string of the molecule is O=C(CCBr)Nc1cccnc1-n1cncn1. The fourth-order valence-corrected chi connectivity index (χ4v) is 1.65. The van der Waals surface area contributed by atoms with Crippen LogP contribution in [0, 0.1) is 0 Å². The number of pyridine rings is 1. The van der Waals surface area contributed by atoms with E-state index in [1.807, 2.05) is 0 Å². The van der Waals surface area contributed by atoms with Crippen LogP contribution in [0.2, 0.25) is 0 Å². The molecule has 6 nitrogen and oxygen atoms in total. The molecule has 2 aromatic rings. The van der Waals surface area contributed by atoms with Gasteiger partial charge in [-0.3, -0.25) is 4.79 Å². The molecule has 2 heterocycles. The van der Waals surface area contributed by atoms with E-state index < -0.39 is 0 Å². The van der Waals surface area contributed by atoms with Crippen LogP contribution in [0.4, 0.5) is 5.69 Å². The summed E-state index contributed by atoms with van der Waals surface area (Å²) in [5, 5.41) is 7.39. The Labute approximate surface area is 106 Å². The molecule has 0 spiro atoms. The summed E-state index contributed by atoms with van der Waals surface area (Å²) in [5.41, 5.74) is 0.615. The van der Waals surface area contributed by atoms with Gasteiger partial charge < -0.3 is 5.32 Å². The maximum Gasteiger partial charge on any atom is 0.225 e. The zero-order chi connectivity index (χ0) is 12.1. The van der Waals surface area contributed by atoms with E-state index in [-0.39, 0.29) is 5.91 Å². The summed E-state index contributed by atoms with van der Waals surface area (Å²) in [4.78, 5) is 19.5. The number of nitrogens with one attached hydrogen (secondary N) is 1. The number of amides is 1. The zero-order valence-electron chi connectivity index (χ0n) is 8.88. The van der Waals surface area contributed by atoms with Crippen LogP contribution < -0.4 is 5.32 Å². The van der Waals surface area contributed by atoms with Gasteiger partial charge in [0.05, 0.1) is 5.69 Å². The molecule has 0 saturated heterocycles. The molecule has 0 atom stereocenters. The average Bonchev–Trinajstić information content (AvgIpc) is 2.83. The first kappa shape index (κ1) is 11.7. The number of alkyl halides is 1. The predicted molar refractivity (Wildman–Crippen MR) is 66.2 cm³/mol. The van der Waals surface area contributed by atoms with Gasteiger partial charge in [-0.15, -0.1) is 0 Å². The summed E-state index contributed by atoms with van der Waals surface area (Å²) in [6.45, 7) is 0. The Kier molecular flexibility index (Phi) is 3.81. The van der Waals surface area contributed by atoms with Crippen LogP contribution in [0.1, 0.15) is 6.42 Å². The molecule has 0 aliphatic heterocycles. The summed E-state index contributed by atoms with van der Waals surface area (Å²) in [5.74, 6) is 0.476. The molecular weight excluding hydrogens is 286 g/mol. The average molecular weight is 296 g/mol. The summed E-state index contributed by atoms with van der Waals surface area (Å²) in [6.07, 6.45) is 4.99. The summed E-state index contributed by atoms with van der Waals surface area (Å²) in [6, 6.07) is 3.53. The van der Waals surface area contributed by atoms with Crippen molar-refractivity contribution in [3.8, 4) is 5.82 Å². The number of rotatable bonds is 4. The van der Waals surface area contributed by atoms with Crippen LogP contribution in [-0.2, 0) is 4.79 Å². The van der Waals surface area contributed by atoms with E-state index in [1.165, 1.54) is 17.3 Å². The molecule has 88 valence electrons. The Morgan fingerprint density at radius 3 is 3.12 bits per heavy atom. The van der Waals surface area contributed by atoms with Crippen molar-refractivity contribution in [3.05, 3.63) is 31.0 Å². The lowest BCUT2D eigenvalue weighted by molar-refractivity contribution is -0.115. The molecule has 17 heavy (non-hydrogen) atoms. The third-order valence-corrected chi connectivity index (χ3v) is 2.41. The number of aromatic nitrogens is 4. The molecule has 0 aromatic carbocycles. The highest BCUT2D eigenvalue weighted by atomic mass is 79.9. The highest BCUT2D eigenvalue weighted by Gasteiger charge is 2.09. The van der Waals surface area contributed by atoms with Crippen LogP contribution >= 0.6 is 15.9 Å². The first-order valence-electron chi connectivity index (χ1n) is 4.97. The summed E-state index contributed by atoms with van der Waals surface area (Å²) < 4.78 is 1.50. The molecule has 0 unspecified atom stereocenters. The number of hydrogen-bond donors (Lipinski definition) is 1. The van der Waals surface area contributed by atoms with Gasteiger partial charge in [0.2, 0.25) is 5.91 Å². The topological polar surface area (TPSA) is 72.7 Å². The first-order chi connectivity index (χ1) is 8.31. The van der Waals surface area contributed by atoms with Crippen LogP contribution in [0.3, 0.4) is 0 Å². The second-order valence-electron chi connectivity index (χ2n) is 3.20. The van der Waals surface area contributed by atoms with E-state index in [2.05, 4.69) is 36.3 Å². The molecule has 0 bridgehead atoms. The molecule has 0 saturated carbocycles. The van der Waals surface area contributed by atoms with Crippen molar-refractivity contribution in [2.24, 2.45) is 0 Å². The maximum absolute atomic E-state index is 11.5. The van der Waals surface area contributed by atoms with Crippen molar-refractivity contribution in [2.45, 2.75) is 6.42 Å². The van der Waals surface area contributed by atoms with E-state index >= 15 is 0 Å². The predicted octanol–water partition coefficient (Wildman–Crippen LogP) is 1.39. The molecule has 0 radical (unpaired) electrons. The fourth-order valence-electron chi connectivity index (χ4n) is 1.29. The second kappa shape index (κ2) is 5.53. The number of nitrogens with zero attached hydrogens (tertiary/aromatic N) is 4. The van der Waals surface area contributed by atoms with Gasteiger partial charge >= 0.3 is 0 Å². The minimum absolute atomic E-state index is 0.0729. The lowest BCUT2D eigenvalue weighted by Crippen LogP contribution is -2.14. The molecule has 0 fully saturated rings. The van der Waals surface area contributed by atoms with Gasteiger partial charge in [0.25, 0.3) is 0 Å². The van der Waals surface area contributed by atoms with Crippen molar-refractivity contribution >= 4 is 27.5 Å². The van der Waals surface area contributed by atoms with E-state index in [4.69, 9.17) is 0 Å². The van der Waals surface area contributed by atoms with Gasteiger partial charge in [0, 0.05) is 17.9 Å². The first-order valence-corrected chi connectivity index (χ1v) is 6.09. The van der Waals surface area contributed by atoms with E-state index in [0.717, 1.165) is 0 Å². The standard InChI is InChI=1S/C10H10BrN5O/c11-4-3-9(17)15-8-2-1-5-13-10(8)16-7-12-6-14-16/h1-2,5-7H,3-4H2,(H,15,17). The molecule has 0 aliphatic rings. The molecule has 2 rings (SSSR count).